The molecule has 1 fully saturated rings. The van der Waals surface area contributed by atoms with Crippen LogP contribution in [0.4, 0.5) is 0 Å². The molecule has 0 atom stereocenters. The fourth-order valence-corrected chi connectivity index (χ4v) is 4.59. The first-order chi connectivity index (χ1) is 13.1. The van der Waals surface area contributed by atoms with Gasteiger partial charge in [-0.15, -0.1) is 5.10 Å². The minimum atomic E-state index is -3.53. The van der Waals surface area contributed by atoms with Crippen molar-refractivity contribution in [2.24, 2.45) is 13.0 Å². The Hall–Kier alpha value is -2.00. The molecule has 1 aliphatic rings. The molecular weight excluding hydrogens is 378 g/mol. The van der Waals surface area contributed by atoms with E-state index in [1.807, 2.05) is 12.1 Å². The molecule has 1 saturated heterocycles. The van der Waals surface area contributed by atoms with Gasteiger partial charge < -0.3 is 9.30 Å². The molecular formula is C19H29N5O3S. The van der Waals surface area contributed by atoms with Crippen LogP contribution in [0.15, 0.2) is 23.4 Å². The molecule has 2 aromatic heterocycles. The lowest BCUT2D eigenvalue weighted by atomic mass is 9.92. The highest BCUT2D eigenvalue weighted by molar-refractivity contribution is 7.89. The number of ether oxygens (including phenoxy) is 1. The Morgan fingerprint density at radius 2 is 1.86 bits per heavy atom. The van der Waals surface area contributed by atoms with Crippen LogP contribution in [0.3, 0.4) is 0 Å². The van der Waals surface area contributed by atoms with E-state index in [1.54, 1.807) is 24.7 Å². The number of nitrogens with zero attached hydrogens (tertiary/aromatic N) is 5. The summed E-state index contributed by atoms with van der Waals surface area (Å²) in [6.07, 6.45) is 3.07. The van der Waals surface area contributed by atoms with Gasteiger partial charge in [0.15, 0.2) is 5.03 Å². The van der Waals surface area contributed by atoms with E-state index in [4.69, 9.17) is 4.74 Å². The third-order valence-corrected chi connectivity index (χ3v) is 6.91. The van der Waals surface area contributed by atoms with Crippen LogP contribution in [0.1, 0.15) is 45.1 Å². The monoisotopic (exact) mass is 407 g/mol. The maximum absolute atomic E-state index is 12.8. The smallest absolute Gasteiger partial charge is 0.262 e. The van der Waals surface area contributed by atoms with Crippen molar-refractivity contribution in [2.45, 2.75) is 51.0 Å². The summed E-state index contributed by atoms with van der Waals surface area (Å²) < 4.78 is 34.5. The first-order valence-electron chi connectivity index (χ1n) is 9.54. The van der Waals surface area contributed by atoms with Crippen LogP contribution in [0.25, 0.3) is 0 Å². The predicted molar refractivity (Wildman–Crippen MR) is 106 cm³/mol. The summed E-state index contributed by atoms with van der Waals surface area (Å²) in [7, 11) is -1.74. The molecule has 0 amide bonds. The summed E-state index contributed by atoms with van der Waals surface area (Å²) in [5, 5.41) is 8.50. The van der Waals surface area contributed by atoms with E-state index in [9.17, 15) is 8.42 Å². The van der Waals surface area contributed by atoms with E-state index in [0.717, 1.165) is 18.5 Å². The van der Waals surface area contributed by atoms with Gasteiger partial charge in [0.25, 0.3) is 10.0 Å². The van der Waals surface area contributed by atoms with Gasteiger partial charge >= 0.3 is 0 Å². The predicted octanol–water partition coefficient (Wildman–Crippen LogP) is 2.30. The van der Waals surface area contributed by atoms with Crippen LogP contribution < -0.4 is 4.74 Å². The topological polar surface area (TPSA) is 90.2 Å². The zero-order valence-corrected chi connectivity index (χ0v) is 18.0. The standard InChI is InChI=1S/C19H29N5O3S/c1-14-20-18(12-23(14)5)28(25,26)24-10-8-15(9-11-24)13-27-17-7-6-16(21-22-17)19(2,3)4/h6-7,12,15H,8-11,13H2,1-5H3. The molecule has 28 heavy (non-hydrogen) atoms. The van der Waals surface area contributed by atoms with E-state index >= 15 is 0 Å². The normalized spacial score (nSPS) is 17.0. The lowest BCUT2D eigenvalue weighted by Crippen LogP contribution is -2.39. The Kier molecular flexibility index (Phi) is 5.77. The number of imidazole rings is 1. The lowest BCUT2D eigenvalue weighted by Gasteiger charge is -2.30. The van der Waals surface area contributed by atoms with Crippen molar-refractivity contribution in [3.63, 3.8) is 0 Å². The van der Waals surface area contributed by atoms with Crippen LogP contribution in [-0.2, 0) is 22.5 Å². The molecule has 9 heteroatoms. The maximum atomic E-state index is 12.8. The average molecular weight is 408 g/mol. The molecule has 8 nitrogen and oxygen atoms in total. The highest BCUT2D eigenvalue weighted by Crippen LogP contribution is 2.25. The van der Waals surface area contributed by atoms with Crippen molar-refractivity contribution in [1.29, 1.82) is 0 Å². The number of piperidine rings is 1. The van der Waals surface area contributed by atoms with Gasteiger partial charge in [-0.3, -0.25) is 0 Å². The summed E-state index contributed by atoms with van der Waals surface area (Å²) in [4.78, 5) is 4.17. The average Bonchev–Trinajstić information content (AvgIpc) is 2.99. The van der Waals surface area contributed by atoms with Crippen molar-refractivity contribution < 1.29 is 13.2 Å². The molecule has 1 aliphatic heterocycles. The number of aromatic nitrogens is 4. The fraction of sp³-hybridized carbons (Fsp3) is 0.632. The van der Waals surface area contributed by atoms with Gasteiger partial charge in [-0.25, -0.2) is 13.4 Å². The third kappa shape index (κ3) is 4.52. The van der Waals surface area contributed by atoms with E-state index in [-0.39, 0.29) is 10.4 Å². The number of aryl methyl sites for hydroxylation is 2. The van der Waals surface area contributed by atoms with E-state index < -0.39 is 10.0 Å². The lowest BCUT2D eigenvalue weighted by molar-refractivity contribution is 0.179. The molecule has 0 spiro atoms. The Morgan fingerprint density at radius 3 is 2.36 bits per heavy atom. The molecule has 3 heterocycles. The zero-order chi connectivity index (χ0) is 20.5. The summed E-state index contributed by atoms with van der Waals surface area (Å²) in [6, 6.07) is 3.78. The Labute approximate surface area is 167 Å². The van der Waals surface area contributed by atoms with E-state index in [2.05, 4.69) is 36.0 Å². The van der Waals surface area contributed by atoms with Gasteiger partial charge in [0.05, 0.1) is 12.3 Å². The molecule has 0 N–H and O–H groups in total. The number of hydrogen-bond acceptors (Lipinski definition) is 6. The highest BCUT2D eigenvalue weighted by atomic mass is 32.2. The highest BCUT2D eigenvalue weighted by Gasteiger charge is 2.31. The minimum absolute atomic E-state index is 0.0456. The van der Waals surface area contributed by atoms with Crippen molar-refractivity contribution in [2.75, 3.05) is 19.7 Å². The number of hydrogen-bond donors (Lipinski definition) is 0. The second kappa shape index (κ2) is 7.79. The van der Waals surface area contributed by atoms with Crippen molar-refractivity contribution >= 4 is 10.0 Å². The van der Waals surface area contributed by atoms with Crippen LogP contribution >= 0.6 is 0 Å². The zero-order valence-electron chi connectivity index (χ0n) is 17.2. The first-order valence-corrected chi connectivity index (χ1v) is 11.0. The SMILES string of the molecule is Cc1nc(S(=O)(=O)N2CCC(COc3ccc(C(C)(C)C)nn3)CC2)cn1C. The molecule has 0 unspecified atom stereocenters. The van der Waals surface area contributed by atoms with Crippen LogP contribution in [0.5, 0.6) is 5.88 Å². The van der Waals surface area contributed by atoms with Gasteiger partial charge in [-0.1, -0.05) is 20.8 Å². The fourth-order valence-electron chi connectivity index (χ4n) is 3.10. The molecule has 0 saturated carbocycles. The van der Waals surface area contributed by atoms with E-state index in [1.165, 1.54) is 4.31 Å². The Balaban J connectivity index is 1.53. The summed E-state index contributed by atoms with van der Waals surface area (Å²) in [6.45, 7) is 9.52. The second-order valence-electron chi connectivity index (χ2n) is 8.40. The summed E-state index contributed by atoms with van der Waals surface area (Å²) in [5.74, 6) is 1.48. The van der Waals surface area contributed by atoms with Gasteiger partial charge in [0.1, 0.15) is 5.82 Å². The summed E-state index contributed by atoms with van der Waals surface area (Å²) in [5.41, 5.74) is 0.874. The second-order valence-corrected chi connectivity index (χ2v) is 10.3. The van der Waals surface area contributed by atoms with Gasteiger partial charge in [0, 0.05) is 37.8 Å². The molecule has 0 aromatic carbocycles. The first kappa shape index (κ1) is 20.7. The molecule has 2 aromatic rings. The Morgan fingerprint density at radius 1 is 1.18 bits per heavy atom. The van der Waals surface area contributed by atoms with E-state index in [0.29, 0.717) is 37.3 Å². The molecule has 3 rings (SSSR count). The van der Waals surface area contributed by atoms with Crippen LogP contribution in [0.2, 0.25) is 0 Å². The van der Waals surface area contributed by atoms with Crippen molar-refractivity contribution in [1.82, 2.24) is 24.1 Å². The maximum Gasteiger partial charge on any atom is 0.262 e. The number of rotatable bonds is 5. The quantitative estimate of drug-likeness (QED) is 0.755. The molecule has 0 radical (unpaired) electrons. The third-order valence-electron chi connectivity index (χ3n) is 5.14. The minimum Gasteiger partial charge on any atom is -0.476 e. The molecule has 0 bridgehead atoms. The van der Waals surface area contributed by atoms with Crippen LogP contribution in [-0.4, -0.2) is 52.2 Å². The van der Waals surface area contributed by atoms with Gasteiger partial charge in [-0.05, 0) is 31.7 Å². The van der Waals surface area contributed by atoms with Gasteiger partial charge in [-0.2, -0.15) is 9.40 Å². The van der Waals surface area contributed by atoms with Gasteiger partial charge in [0.2, 0.25) is 5.88 Å². The summed E-state index contributed by atoms with van der Waals surface area (Å²) >= 11 is 0. The van der Waals surface area contributed by atoms with Crippen molar-refractivity contribution in [3.8, 4) is 5.88 Å². The van der Waals surface area contributed by atoms with Crippen LogP contribution in [0, 0.1) is 12.8 Å². The Bertz CT molecular complexity index is 889. The number of sulfonamides is 1. The van der Waals surface area contributed by atoms with Crippen molar-refractivity contribution in [3.05, 3.63) is 29.8 Å². The largest absolute Gasteiger partial charge is 0.476 e. The molecule has 154 valence electrons. The molecule has 0 aliphatic carbocycles.